The fourth-order valence-electron chi connectivity index (χ4n) is 4.04. The van der Waals surface area contributed by atoms with Gasteiger partial charge >= 0.3 is 0 Å². The SMILES string of the molecule is CCN(CC)C(CNC(=O)C1CCN(S(=O)(=O)c2ccc(F)cc2)CC1)c1ccsc1. The fourth-order valence-corrected chi connectivity index (χ4v) is 6.22. The number of halogens is 1. The van der Waals surface area contributed by atoms with Crippen LogP contribution in [0.1, 0.15) is 38.3 Å². The van der Waals surface area contributed by atoms with Crippen LogP contribution in [0.4, 0.5) is 4.39 Å². The van der Waals surface area contributed by atoms with Crippen LogP contribution in [0.5, 0.6) is 0 Å². The van der Waals surface area contributed by atoms with E-state index in [9.17, 15) is 17.6 Å². The first-order valence-electron chi connectivity index (χ1n) is 10.7. The lowest BCUT2D eigenvalue weighted by molar-refractivity contribution is -0.126. The van der Waals surface area contributed by atoms with E-state index in [0.29, 0.717) is 19.4 Å². The number of hydrogen-bond acceptors (Lipinski definition) is 5. The summed E-state index contributed by atoms with van der Waals surface area (Å²) >= 11 is 1.65. The van der Waals surface area contributed by atoms with Crippen LogP contribution in [0, 0.1) is 11.7 Å². The molecule has 1 aliphatic rings. The maximum atomic E-state index is 13.1. The molecule has 1 saturated heterocycles. The van der Waals surface area contributed by atoms with Crippen LogP contribution in [0.3, 0.4) is 0 Å². The molecule has 9 heteroatoms. The number of sulfonamides is 1. The Kier molecular flexibility index (Phi) is 8.21. The van der Waals surface area contributed by atoms with Gasteiger partial charge in [-0.05, 0) is 72.6 Å². The van der Waals surface area contributed by atoms with Gasteiger partial charge < -0.3 is 5.32 Å². The maximum Gasteiger partial charge on any atom is 0.243 e. The van der Waals surface area contributed by atoms with Gasteiger partial charge in [0.2, 0.25) is 15.9 Å². The van der Waals surface area contributed by atoms with Crippen LogP contribution in [0.15, 0.2) is 46.0 Å². The first-order chi connectivity index (χ1) is 14.9. The number of amides is 1. The Morgan fingerprint density at radius 2 is 1.84 bits per heavy atom. The van der Waals surface area contributed by atoms with Crippen molar-refractivity contribution in [3.8, 4) is 0 Å². The highest BCUT2D eigenvalue weighted by Crippen LogP contribution is 2.25. The first-order valence-corrected chi connectivity index (χ1v) is 13.0. The second-order valence-corrected chi connectivity index (χ2v) is 10.4. The molecular formula is C22H30FN3O3S2. The van der Waals surface area contributed by atoms with Gasteiger partial charge in [0.05, 0.1) is 10.9 Å². The van der Waals surface area contributed by atoms with Crippen LogP contribution in [-0.4, -0.2) is 56.3 Å². The summed E-state index contributed by atoms with van der Waals surface area (Å²) < 4.78 is 40.0. The van der Waals surface area contributed by atoms with Gasteiger partial charge in [0, 0.05) is 25.6 Å². The minimum absolute atomic E-state index is 0.0220. The van der Waals surface area contributed by atoms with Crippen molar-refractivity contribution in [2.75, 3.05) is 32.7 Å². The summed E-state index contributed by atoms with van der Waals surface area (Å²) in [6.45, 7) is 7.11. The second-order valence-electron chi connectivity index (χ2n) is 7.67. The molecule has 2 aromatic rings. The minimum atomic E-state index is -3.67. The van der Waals surface area contributed by atoms with Crippen molar-refractivity contribution in [1.82, 2.24) is 14.5 Å². The molecule has 1 amide bonds. The van der Waals surface area contributed by atoms with E-state index in [1.807, 2.05) is 5.38 Å². The van der Waals surface area contributed by atoms with Crippen LogP contribution in [0.2, 0.25) is 0 Å². The first kappa shape index (κ1) is 23.8. The van der Waals surface area contributed by atoms with E-state index in [-0.39, 0.29) is 35.9 Å². The number of carbonyl (C=O) groups excluding carboxylic acids is 1. The summed E-state index contributed by atoms with van der Waals surface area (Å²) in [5, 5.41) is 7.26. The average molecular weight is 468 g/mol. The lowest BCUT2D eigenvalue weighted by Gasteiger charge is -2.32. The third kappa shape index (κ3) is 5.71. The molecule has 1 aromatic heterocycles. The number of hydrogen-bond donors (Lipinski definition) is 1. The molecule has 6 nitrogen and oxygen atoms in total. The molecular weight excluding hydrogens is 437 g/mol. The van der Waals surface area contributed by atoms with E-state index in [0.717, 1.165) is 25.2 Å². The van der Waals surface area contributed by atoms with Gasteiger partial charge in [0.1, 0.15) is 5.82 Å². The van der Waals surface area contributed by atoms with Crippen LogP contribution in [-0.2, 0) is 14.8 Å². The topological polar surface area (TPSA) is 69.7 Å². The molecule has 1 aliphatic heterocycles. The van der Waals surface area contributed by atoms with Crippen molar-refractivity contribution in [2.24, 2.45) is 5.92 Å². The fraction of sp³-hybridized carbons (Fsp3) is 0.500. The highest BCUT2D eigenvalue weighted by atomic mass is 32.2. The molecule has 170 valence electrons. The van der Waals surface area contributed by atoms with E-state index < -0.39 is 15.8 Å². The Morgan fingerprint density at radius 1 is 1.19 bits per heavy atom. The second kappa shape index (κ2) is 10.7. The van der Waals surface area contributed by atoms with E-state index in [1.165, 1.54) is 22.0 Å². The zero-order chi connectivity index (χ0) is 22.4. The summed E-state index contributed by atoms with van der Waals surface area (Å²) in [6, 6.07) is 7.07. The molecule has 1 N–H and O–H groups in total. The normalized spacial score (nSPS) is 17.0. The summed E-state index contributed by atoms with van der Waals surface area (Å²) in [5.41, 5.74) is 1.20. The van der Waals surface area contributed by atoms with Gasteiger partial charge in [-0.25, -0.2) is 12.8 Å². The van der Waals surface area contributed by atoms with Crippen molar-refractivity contribution in [3.63, 3.8) is 0 Å². The third-order valence-electron chi connectivity index (χ3n) is 5.93. The van der Waals surface area contributed by atoms with E-state index >= 15 is 0 Å². The quantitative estimate of drug-likeness (QED) is 0.613. The number of thiophene rings is 1. The predicted molar refractivity (Wildman–Crippen MR) is 121 cm³/mol. The minimum Gasteiger partial charge on any atom is -0.354 e. The molecule has 31 heavy (non-hydrogen) atoms. The lowest BCUT2D eigenvalue weighted by Crippen LogP contribution is -2.45. The van der Waals surface area contributed by atoms with Crippen LogP contribution >= 0.6 is 11.3 Å². The molecule has 0 bridgehead atoms. The van der Waals surface area contributed by atoms with Crippen molar-refractivity contribution >= 4 is 27.3 Å². The van der Waals surface area contributed by atoms with Gasteiger partial charge in [0.15, 0.2) is 0 Å². The number of rotatable bonds is 9. The zero-order valence-electron chi connectivity index (χ0n) is 18.0. The predicted octanol–water partition coefficient (Wildman–Crippen LogP) is 3.49. The monoisotopic (exact) mass is 467 g/mol. The van der Waals surface area contributed by atoms with Crippen molar-refractivity contribution < 1.29 is 17.6 Å². The molecule has 1 atom stereocenters. The number of piperidine rings is 1. The van der Waals surface area contributed by atoms with Gasteiger partial charge in [0.25, 0.3) is 0 Å². The number of carbonyl (C=O) groups is 1. The highest BCUT2D eigenvalue weighted by Gasteiger charge is 2.32. The molecule has 1 aromatic carbocycles. The van der Waals surface area contributed by atoms with Gasteiger partial charge in [-0.2, -0.15) is 15.6 Å². The van der Waals surface area contributed by atoms with Crippen molar-refractivity contribution in [1.29, 1.82) is 0 Å². The largest absolute Gasteiger partial charge is 0.354 e. The molecule has 3 rings (SSSR count). The Hall–Kier alpha value is -1.81. The molecule has 0 aliphatic carbocycles. The van der Waals surface area contributed by atoms with Gasteiger partial charge in [-0.15, -0.1) is 0 Å². The smallest absolute Gasteiger partial charge is 0.243 e. The van der Waals surface area contributed by atoms with Crippen molar-refractivity contribution in [2.45, 2.75) is 37.6 Å². The van der Waals surface area contributed by atoms with Crippen molar-refractivity contribution in [3.05, 3.63) is 52.5 Å². The standard InChI is InChI=1S/C22H30FN3O3S2/c1-3-25(4-2)21(18-11-14-30-16-18)15-24-22(27)17-9-12-26(13-10-17)31(28,29)20-7-5-19(23)6-8-20/h5-8,11,14,16-17,21H,3-4,9-10,12-13,15H2,1-2H3,(H,24,27). The van der Waals surface area contributed by atoms with E-state index in [1.54, 1.807) is 11.3 Å². The molecule has 0 spiro atoms. The number of benzene rings is 1. The van der Waals surface area contributed by atoms with Gasteiger partial charge in [-0.1, -0.05) is 13.8 Å². The average Bonchev–Trinajstić information content (AvgIpc) is 3.31. The maximum absolute atomic E-state index is 13.1. The Labute approximate surface area is 188 Å². The number of likely N-dealkylation sites (N-methyl/N-ethyl adjacent to an activating group) is 1. The Morgan fingerprint density at radius 3 is 2.39 bits per heavy atom. The van der Waals surface area contributed by atoms with Crippen LogP contribution < -0.4 is 5.32 Å². The molecule has 1 unspecified atom stereocenters. The summed E-state index contributed by atoms with van der Waals surface area (Å²) in [5.74, 6) is -0.703. The molecule has 0 saturated carbocycles. The number of nitrogens with one attached hydrogen (secondary N) is 1. The molecule has 1 fully saturated rings. The van der Waals surface area contributed by atoms with Gasteiger partial charge in [-0.3, -0.25) is 9.69 Å². The summed E-state index contributed by atoms with van der Waals surface area (Å²) in [7, 11) is -3.67. The molecule has 2 heterocycles. The lowest BCUT2D eigenvalue weighted by atomic mass is 9.97. The Balaban J connectivity index is 1.56. The summed E-state index contributed by atoms with van der Waals surface area (Å²) in [4.78, 5) is 15.2. The zero-order valence-corrected chi connectivity index (χ0v) is 19.6. The van der Waals surface area contributed by atoms with E-state index in [2.05, 4.69) is 35.5 Å². The third-order valence-corrected chi connectivity index (χ3v) is 8.54. The number of nitrogens with zero attached hydrogens (tertiary/aromatic N) is 2. The highest BCUT2D eigenvalue weighted by molar-refractivity contribution is 7.89. The summed E-state index contributed by atoms with van der Waals surface area (Å²) in [6.07, 6.45) is 0.946. The van der Waals surface area contributed by atoms with Crippen LogP contribution in [0.25, 0.3) is 0 Å². The molecule has 0 radical (unpaired) electrons. The van der Waals surface area contributed by atoms with E-state index in [4.69, 9.17) is 0 Å². The Bertz CT molecular complexity index is 937.